The average Bonchev–Trinajstić information content (AvgIpc) is 3.01. The average molecular weight is 419 g/mol. The molecule has 7 nitrogen and oxygen atoms in total. The molecule has 1 aromatic rings. The first-order valence-electron chi connectivity index (χ1n) is 10.8. The third kappa shape index (κ3) is 3.61. The van der Waals surface area contributed by atoms with E-state index in [0.717, 1.165) is 19.3 Å². The zero-order valence-corrected chi connectivity index (χ0v) is 18.0. The van der Waals surface area contributed by atoms with Gasteiger partial charge < -0.3 is 0 Å². The zero-order valence-electron chi connectivity index (χ0n) is 17.2. The van der Waals surface area contributed by atoms with Gasteiger partial charge in [0.2, 0.25) is 10.0 Å². The molecule has 8 heteroatoms. The first-order valence-corrected chi connectivity index (χ1v) is 12.2. The molecular weight excluding hydrogens is 388 g/mol. The Hall–Kier alpha value is -1.80. The van der Waals surface area contributed by atoms with Crippen molar-refractivity contribution in [2.45, 2.75) is 57.3 Å². The van der Waals surface area contributed by atoms with Gasteiger partial charge >= 0.3 is 0 Å². The van der Waals surface area contributed by atoms with Crippen molar-refractivity contribution in [3.05, 3.63) is 18.3 Å². The summed E-state index contributed by atoms with van der Waals surface area (Å²) in [6.45, 7) is 4.46. The van der Waals surface area contributed by atoms with Crippen LogP contribution in [-0.4, -0.2) is 42.3 Å². The van der Waals surface area contributed by atoms with Crippen molar-refractivity contribution in [3.8, 4) is 0 Å². The summed E-state index contributed by atoms with van der Waals surface area (Å²) < 4.78 is 26.5. The summed E-state index contributed by atoms with van der Waals surface area (Å²) in [5, 5.41) is 4.47. The van der Waals surface area contributed by atoms with E-state index in [1.165, 1.54) is 35.8 Å². The highest BCUT2D eigenvalue weighted by Gasteiger charge is 2.53. The van der Waals surface area contributed by atoms with Crippen molar-refractivity contribution in [2.24, 2.45) is 28.8 Å². The summed E-state index contributed by atoms with van der Waals surface area (Å²) in [5.74, 6) is 2.22. The number of sulfonamides is 1. The minimum Gasteiger partial charge on any atom is -0.292 e. The molecule has 3 fully saturated rings. The van der Waals surface area contributed by atoms with Crippen LogP contribution in [0.3, 0.4) is 0 Å². The number of pyridine rings is 1. The van der Waals surface area contributed by atoms with Gasteiger partial charge in [-0.15, -0.1) is 0 Å². The van der Waals surface area contributed by atoms with Crippen LogP contribution in [0.15, 0.2) is 28.3 Å². The molecule has 0 aliphatic heterocycles. The third-order valence-electron chi connectivity index (χ3n) is 6.96. The number of anilines is 1. The molecule has 4 unspecified atom stereocenters. The van der Waals surface area contributed by atoms with Gasteiger partial charge in [0.1, 0.15) is 16.4 Å². The van der Waals surface area contributed by atoms with Crippen LogP contribution in [0.4, 0.5) is 5.82 Å². The maximum absolute atomic E-state index is 13.0. The number of nitrogens with one attached hydrogen (secondary N) is 1. The van der Waals surface area contributed by atoms with E-state index < -0.39 is 10.0 Å². The fraction of sp³-hybridized carbons (Fsp3) is 0.667. The standard InChI is InChI=1S/C21H30N4O3S/c1-3-25(4-2)29(27,28)15-11-12-18(22-13-15)23-24-20-16-9-5-7-14-8-6-10-17(19(14)16)21(20)26/h11-14,16-17,19H,3-10H2,1-2H3,(H,22,23)/b24-20+. The first-order chi connectivity index (χ1) is 14.0. The molecule has 3 aliphatic rings. The highest BCUT2D eigenvalue weighted by Crippen LogP contribution is 2.52. The van der Waals surface area contributed by atoms with Gasteiger partial charge in [-0.3, -0.25) is 10.2 Å². The van der Waals surface area contributed by atoms with Crippen LogP contribution in [0.5, 0.6) is 0 Å². The second-order valence-corrected chi connectivity index (χ2v) is 10.3. The molecule has 0 saturated heterocycles. The second-order valence-electron chi connectivity index (χ2n) is 8.35. The third-order valence-corrected chi connectivity index (χ3v) is 9.00. The number of hydrogen-bond acceptors (Lipinski definition) is 6. The van der Waals surface area contributed by atoms with Gasteiger partial charge in [0.15, 0.2) is 5.78 Å². The predicted molar refractivity (Wildman–Crippen MR) is 112 cm³/mol. The van der Waals surface area contributed by atoms with Crippen LogP contribution < -0.4 is 5.43 Å². The van der Waals surface area contributed by atoms with E-state index >= 15 is 0 Å². The van der Waals surface area contributed by atoms with Crippen molar-refractivity contribution in [2.75, 3.05) is 18.5 Å². The number of carbonyl (C=O) groups excluding carboxylic acids is 1. The van der Waals surface area contributed by atoms with E-state index in [-0.39, 0.29) is 22.5 Å². The molecule has 1 N–H and O–H groups in total. The summed E-state index contributed by atoms with van der Waals surface area (Å²) in [6.07, 6.45) is 8.19. The quantitative estimate of drug-likeness (QED) is 0.716. The van der Waals surface area contributed by atoms with E-state index in [9.17, 15) is 13.2 Å². The van der Waals surface area contributed by atoms with Gasteiger partial charge in [-0.2, -0.15) is 9.41 Å². The summed E-state index contributed by atoms with van der Waals surface area (Å²) in [7, 11) is -3.53. The summed E-state index contributed by atoms with van der Waals surface area (Å²) >= 11 is 0. The normalized spacial score (nSPS) is 30.6. The smallest absolute Gasteiger partial charge is 0.244 e. The SMILES string of the molecule is CCN(CC)S(=O)(=O)c1ccc(N/N=C2/C(=O)C3CCCC4CCCC2C43)nc1. The molecule has 3 aliphatic carbocycles. The number of ketones is 1. The van der Waals surface area contributed by atoms with E-state index in [1.807, 2.05) is 13.8 Å². The Morgan fingerprint density at radius 1 is 1.10 bits per heavy atom. The van der Waals surface area contributed by atoms with Gasteiger partial charge in [-0.1, -0.05) is 39.5 Å². The highest BCUT2D eigenvalue weighted by atomic mass is 32.2. The number of aromatic nitrogens is 1. The van der Waals surface area contributed by atoms with Crippen LogP contribution in [0.2, 0.25) is 0 Å². The lowest BCUT2D eigenvalue weighted by atomic mass is 9.65. The molecule has 1 aromatic heterocycles. The van der Waals surface area contributed by atoms with Gasteiger partial charge in [-0.05, 0) is 36.8 Å². The van der Waals surface area contributed by atoms with Crippen molar-refractivity contribution in [1.29, 1.82) is 0 Å². The van der Waals surface area contributed by atoms with Crippen LogP contribution >= 0.6 is 0 Å². The number of hydrazone groups is 1. The Kier molecular flexibility index (Phi) is 5.75. The lowest BCUT2D eigenvalue weighted by molar-refractivity contribution is -0.118. The molecular formula is C21H30N4O3S. The number of carbonyl (C=O) groups is 1. The maximum atomic E-state index is 13.0. The Morgan fingerprint density at radius 2 is 1.79 bits per heavy atom. The van der Waals surface area contributed by atoms with E-state index in [4.69, 9.17) is 0 Å². The molecule has 4 atom stereocenters. The number of rotatable bonds is 6. The molecule has 0 bridgehead atoms. The van der Waals surface area contributed by atoms with Crippen molar-refractivity contribution >= 4 is 27.3 Å². The highest BCUT2D eigenvalue weighted by molar-refractivity contribution is 7.89. The Bertz CT molecular complexity index is 891. The van der Waals surface area contributed by atoms with Crippen molar-refractivity contribution in [3.63, 3.8) is 0 Å². The van der Waals surface area contributed by atoms with Crippen LogP contribution in [-0.2, 0) is 14.8 Å². The monoisotopic (exact) mass is 418 g/mol. The largest absolute Gasteiger partial charge is 0.292 e. The summed E-state index contributed by atoms with van der Waals surface area (Å²) in [6, 6.07) is 3.15. The van der Waals surface area contributed by atoms with Gasteiger partial charge in [0.05, 0.1) is 0 Å². The van der Waals surface area contributed by atoms with E-state index in [0.29, 0.717) is 36.5 Å². The zero-order chi connectivity index (χ0) is 20.6. The van der Waals surface area contributed by atoms with Crippen LogP contribution in [0.1, 0.15) is 52.4 Å². The molecule has 4 rings (SSSR count). The van der Waals surface area contributed by atoms with Crippen molar-refractivity contribution in [1.82, 2.24) is 9.29 Å². The molecule has 158 valence electrons. The van der Waals surface area contributed by atoms with E-state index in [1.54, 1.807) is 6.07 Å². The van der Waals surface area contributed by atoms with Crippen molar-refractivity contribution < 1.29 is 13.2 Å². The van der Waals surface area contributed by atoms with Gasteiger partial charge in [0.25, 0.3) is 0 Å². The molecule has 29 heavy (non-hydrogen) atoms. The van der Waals surface area contributed by atoms with Gasteiger partial charge in [-0.25, -0.2) is 13.4 Å². The molecule has 0 radical (unpaired) electrons. The Balaban J connectivity index is 1.51. The first kappa shape index (κ1) is 20.5. The van der Waals surface area contributed by atoms with Gasteiger partial charge in [0, 0.05) is 31.1 Å². The number of Topliss-reactive ketones (excluding diaryl/α,β-unsaturated/α-hetero) is 1. The molecule has 0 spiro atoms. The topological polar surface area (TPSA) is 91.7 Å². The Labute approximate surface area is 173 Å². The lowest BCUT2D eigenvalue weighted by Crippen LogP contribution is -2.33. The second kappa shape index (κ2) is 8.14. The minimum atomic E-state index is -3.53. The molecule has 3 saturated carbocycles. The fourth-order valence-corrected chi connectivity index (χ4v) is 7.02. The fourth-order valence-electron chi connectivity index (χ4n) is 5.62. The number of nitrogens with zero attached hydrogens (tertiary/aromatic N) is 3. The molecule has 1 heterocycles. The van der Waals surface area contributed by atoms with Crippen LogP contribution in [0.25, 0.3) is 0 Å². The minimum absolute atomic E-state index is 0.147. The Morgan fingerprint density at radius 3 is 2.41 bits per heavy atom. The molecule has 0 aromatic carbocycles. The number of hydrogen-bond donors (Lipinski definition) is 1. The molecule has 0 amide bonds. The van der Waals surface area contributed by atoms with E-state index in [2.05, 4.69) is 15.5 Å². The summed E-state index contributed by atoms with van der Waals surface area (Å²) in [4.78, 5) is 17.3. The van der Waals surface area contributed by atoms with Crippen LogP contribution in [0, 0.1) is 23.7 Å². The maximum Gasteiger partial charge on any atom is 0.244 e. The predicted octanol–water partition coefficient (Wildman–Crippen LogP) is 3.30. The lowest BCUT2D eigenvalue weighted by Gasteiger charge is -2.39. The summed E-state index contributed by atoms with van der Waals surface area (Å²) in [5.41, 5.74) is 3.59.